The van der Waals surface area contributed by atoms with Gasteiger partial charge in [0.1, 0.15) is 0 Å². The lowest BCUT2D eigenvalue weighted by Gasteiger charge is -2.35. The molecule has 1 amide bonds. The van der Waals surface area contributed by atoms with Crippen molar-refractivity contribution in [3.05, 3.63) is 34.4 Å². The Morgan fingerprint density at radius 2 is 1.84 bits per heavy atom. The Kier molecular flexibility index (Phi) is 6.09. The second kappa shape index (κ2) is 7.89. The Labute approximate surface area is 146 Å². The number of anilines is 1. The second-order valence-corrected chi connectivity index (χ2v) is 7.95. The zero-order chi connectivity index (χ0) is 18.6. The maximum atomic E-state index is 12.3. The second-order valence-electron chi connectivity index (χ2n) is 6.17. The number of hydrogen-bond acceptors (Lipinski definition) is 6. The molecule has 2 N–H and O–H groups in total. The highest BCUT2D eigenvalue weighted by Gasteiger charge is 2.27. The van der Waals surface area contributed by atoms with Crippen molar-refractivity contribution >= 4 is 27.3 Å². The van der Waals surface area contributed by atoms with Crippen molar-refractivity contribution in [3.63, 3.8) is 0 Å². The molecule has 25 heavy (non-hydrogen) atoms. The number of nitrogens with one attached hydrogen (secondary N) is 2. The molecule has 10 heteroatoms. The Bertz CT molecular complexity index is 727. The Balaban J connectivity index is 1.87. The van der Waals surface area contributed by atoms with Gasteiger partial charge >= 0.3 is 0 Å². The molecule has 0 saturated carbocycles. The van der Waals surface area contributed by atoms with Crippen LogP contribution >= 0.6 is 0 Å². The van der Waals surface area contributed by atoms with Crippen molar-refractivity contribution in [2.45, 2.75) is 31.8 Å². The molecule has 0 bridgehead atoms. The highest BCUT2D eigenvalue weighted by Crippen LogP contribution is 2.18. The average Bonchev–Trinajstić information content (AvgIpc) is 2.54. The summed E-state index contributed by atoms with van der Waals surface area (Å²) in [7, 11) is -3.22. The van der Waals surface area contributed by atoms with Crippen LogP contribution in [0.4, 0.5) is 11.4 Å². The number of rotatable bonds is 6. The molecule has 0 radical (unpaired) electrons. The van der Waals surface area contributed by atoms with Crippen LogP contribution in [-0.2, 0) is 14.8 Å². The van der Waals surface area contributed by atoms with E-state index in [1.165, 1.54) is 24.3 Å². The van der Waals surface area contributed by atoms with Gasteiger partial charge in [0, 0.05) is 37.0 Å². The highest BCUT2D eigenvalue weighted by atomic mass is 32.2. The van der Waals surface area contributed by atoms with E-state index in [0.29, 0.717) is 31.6 Å². The molecule has 1 saturated heterocycles. The molecule has 1 unspecified atom stereocenters. The van der Waals surface area contributed by atoms with Gasteiger partial charge in [-0.05, 0) is 31.9 Å². The summed E-state index contributed by atoms with van der Waals surface area (Å²) in [5.74, 6) is -0.205. The van der Waals surface area contributed by atoms with Gasteiger partial charge in [0.05, 0.1) is 17.2 Å². The Hall–Kier alpha value is -2.04. The van der Waals surface area contributed by atoms with E-state index < -0.39 is 14.9 Å². The topological polar surface area (TPSA) is 122 Å². The van der Waals surface area contributed by atoms with E-state index in [9.17, 15) is 23.3 Å². The number of piperidine rings is 1. The van der Waals surface area contributed by atoms with Gasteiger partial charge in [-0.2, -0.15) is 0 Å². The monoisotopic (exact) mass is 370 g/mol. The van der Waals surface area contributed by atoms with Gasteiger partial charge in [0.2, 0.25) is 15.9 Å². The quantitative estimate of drug-likeness (QED) is 0.568. The maximum Gasteiger partial charge on any atom is 0.269 e. The third-order valence-corrected chi connectivity index (χ3v) is 4.94. The minimum absolute atomic E-state index is 0.0357. The number of nitro groups is 1. The average molecular weight is 370 g/mol. The zero-order valence-corrected chi connectivity index (χ0v) is 15.0. The summed E-state index contributed by atoms with van der Waals surface area (Å²) in [5.41, 5.74) is 0.461. The van der Waals surface area contributed by atoms with E-state index in [2.05, 4.69) is 10.0 Å². The summed E-state index contributed by atoms with van der Waals surface area (Å²) in [5, 5.41) is 13.4. The van der Waals surface area contributed by atoms with Crippen LogP contribution in [0, 0.1) is 10.1 Å². The van der Waals surface area contributed by atoms with Crippen LogP contribution in [0.5, 0.6) is 0 Å². The SMILES string of the molecule is CC(C(=O)Nc1ccc([N+](=O)[O-])cc1)N1CCC(NS(C)(=O)=O)CC1. The molecule has 1 atom stereocenters. The van der Waals surface area contributed by atoms with E-state index in [1.807, 2.05) is 4.90 Å². The summed E-state index contributed by atoms with van der Waals surface area (Å²) in [6.45, 7) is 3.01. The van der Waals surface area contributed by atoms with E-state index in [-0.39, 0.29) is 23.7 Å². The molecule has 1 aliphatic heterocycles. The van der Waals surface area contributed by atoms with E-state index in [0.717, 1.165) is 6.26 Å². The summed E-state index contributed by atoms with van der Waals surface area (Å²) < 4.78 is 25.1. The normalized spacial score (nSPS) is 17.8. The first-order valence-corrected chi connectivity index (χ1v) is 9.81. The number of nitro benzene ring substituents is 1. The molecule has 1 fully saturated rings. The summed E-state index contributed by atoms with van der Waals surface area (Å²) >= 11 is 0. The van der Waals surface area contributed by atoms with Crippen molar-refractivity contribution < 1.29 is 18.1 Å². The van der Waals surface area contributed by atoms with Gasteiger partial charge in [-0.15, -0.1) is 0 Å². The maximum absolute atomic E-state index is 12.3. The van der Waals surface area contributed by atoms with Gasteiger partial charge in [0.25, 0.3) is 5.69 Å². The molecule has 0 spiro atoms. The third kappa shape index (κ3) is 5.76. The Morgan fingerprint density at radius 1 is 1.28 bits per heavy atom. The molecule has 138 valence electrons. The number of nitrogens with zero attached hydrogens (tertiary/aromatic N) is 2. The number of carbonyl (C=O) groups is 1. The number of benzene rings is 1. The first-order valence-electron chi connectivity index (χ1n) is 7.92. The van der Waals surface area contributed by atoms with Gasteiger partial charge in [0.15, 0.2) is 0 Å². The van der Waals surface area contributed by atoms with Gasteiger partial charge < -0.3 is 5.32 Å². The number of amides is 1. The molecule has 1 aliphatic rings. The standard InChI is InChI=1S/C15H22N4O5S/c1-11(18-9-7-13(8-10-18)17-25(2,23)24)15(20)16-12-3-5-14(6-4-12)19(21)22/h3-6,11,13,17H,7-10H2,1-2H3,(H,16,20). The Morgan fingerprint density at radius 3 is 2.32 bits per heavy atom. The molecule has 1 heterocycles. The predicted molar refractivity (Wildman–Crippen MR) is 93.8 cm³/mol. The molecule has 1 aromatic carbocycles. The molecule has 2 rings (SSSR count). The van der Waals surface area contributed by atoms with Crippen LogP contribution in [-0.4, -0.2) is 55.6 Å². The lowest BCUT2D eigenvalue weighted by molar-refractivity contribution is -0.384. The number of likely N-dealkylation sites (tertiary alicyclic amines) is 1. The number of hydrogen-bond donors (Lipinski definition) is 2. The van der Waals surface area contributed by atoms with Crippen LogP contribution in [0.15, 0.2) is 24.3 Å². The molecule has 0 aliphatic carbocycles. The fourth-order valence-corrected chi connectivity index (χ4v) is 3.63. The lowest BCUT2D eigenvalue weighted by Crippen LogP contribution is -2.50. The minimum atomic E-state index is -3.22. The minimum Gasteiger partial charge on any atom is -0.325 e. The zero-order valence-electron chi connectivity index (χ0n) is 14.1. The molecule has 1 aromatic rings. The van der Waals surface area contributed by atoms with E-state index in [1.54, 1.807) is 6.92 Å². The van der Waals surface area contributed by atoms with Crippen LogP contribution in [0.25, 0.3) is 0 Å². The summed E-state index contributed by atoms with van der Waals surface area (Å²) in [6, 6.07) is 5.17. The fraction of sp³-hybridized carbons (Fsp3) is 0.533. The van der Waals surface area contributed by atoms with Crippen molar-refractivity contribution in [1.82, 2.24) is 9.62 Å². The van der Waals surface area contributed by atoms with Crippen molar-refractivity contribution in [2.75, 3.05) is 24.7 Å². The van der Waals surface area contributed by atoms with Crippen molar-refractivity contribution in [2.24, 2.45) is 0 Å². The third-order valence-electron chi connectivity index (χ3n) is 4.18. The van der Waals surface area contributed by atoms with E-state index >= 15 is 0 Å². The van der Waals surface area contributed by atoms with Crippen LogP contribution in [0.3, 0.4) is 0 Å². The summed E-state index contributed by atoms with van der Waals surface area (Å²) in [4.78, 5) is 24.5. The number of carbonyl (C=O) groups excluding carboxylic acids is 1. The van der Waals surface area contributed by atoms with Gasteiger partial charge in [-0.25, -0.2) is 13.1 Å². The van der Waals surface area contributed by atoms with Crippen LogP contribution in [0.2, 0.25) is 0 Å². The first kappa shape index (κ1) is 19.3. The van der Waals surface area contributed by atoms with Crippen LogP contribution in [0.1, 0.15) is 19.8 Å². The molecular formula is C15H22N4O5S. The fourth-order valence-electron chi connectivity index (χ4n) is 2.79. The van der Waals surface area contributed by atoms with Crippen molar-refractivity contribution in [3.8, 4) is 0 Å². The highest BCUT2D eigenvalue weighted by molar-refractivity contribution is 7.88. The van der Waals surface area contributed by atoms with Crippen LogP contribution < -0.4 is 10.0 Å². The summed E-state index contributed by atoms with van der Waals surface area (Å²) in [6.07, 6.45) is 2.42. The van der Waals surface area contributed by atoms with Gasteiger partial charge in [-0.3, -0.25) is 19.8 Å². The smallest absolute Gasteiger partial charge is 0.269 e. The number of sulfonamides is 1. The molecular weight excluding hydrogens is 348 g/mol. The lowest BCUT2D eigenvalue weighted by atomic mass is 10.0. The van der Waals surface area contributed by atoms with Crippen molar-refractivity contribution in [1.29, 1.82) is 0 Å². The first-order chi connectivity index (χ1) is 11.7. The largest absolute Gasteiger partial charge is 0.325 e. The number of non-ortho nitro benzene ring substituents is 1. The van der Waals surface area contributed by atoms with Gasteiger partial charge in [-0.1, -0.05) is 0 Å². The molecule has 0 aromatic heterocycles. The predicted octanol–water partition coefficient (Wildman–Crippen LogP) is 0.935. The van der Waals surface area contributed by atoms with E-state index in [4.69, 9.17) is 0 Å². The molecule has 9 nitrogen and oxygen atoms in total.